The van der Waals surface area contributed by atoms with E-state index in [1.54, 1.807) is 44.2 Å². The van der Waals surface area contributed by atoms with Crippen LogP contribution in [-0.2, 0) is 4.79 Å². The van der Waals surface area contributed by atoms with Crippen molar-refractivity contribution >= 4 is 17.6 Å². The van der Waals surface area contributed by atoms with Gasteiger partial charge in [0.25, 0.3) is 0 Å². The van der Waals surface area contributed by atoms with E-state index in [0.717, 1.165) is 5.56 Å². The maximum Gasteiger partial charge on any atom is 0.176 e. The molecule has 0 bridgehead atoms. The van der Waals surface area contributed by atoms with Gasteiger partial charge >= 0.3 is 0 Å². The third kappa shape index (κ3) is 4.15. The van der Waals surface area contributed by atoms with Crippen LogP contribution in [0, 0.1) is 12.3 Å². The third-order valence-corrected chi connectivity index (χ3v) is 4.13. The lowest BCUT2D eigenvalue weighted by atomic mass is 9.80. The average Bonchev–Trinajstić information content (AvgIpc) is 2.60. The second kappa shape index (κ2) is 7.34. The molecule has 0 spiro atoms. The Morgan fingerprint density at radius 3 is 2.32 bits per heavy atom. The number of aromatic hydroxyl groups is 1. The number of phenolic OH excluding ortho intramolecular Hbond substituents is 1. The summed E-state index contributed by atoms with van der Waals surface area (Å²) < 4.78 is 5.04. The van der Waals surface area contributed by atoms with Gasteiger partial charge in [0.1, 0.15) is 0 Å². The molecule has 2 aromatic carbocycles. The molecule has 4 heteroatoms. The molecule has 2 aromatic rings. The Morgan fingerprint density at radius 2 is 1.72 bits per heavy atom. The number of aryl methyl sites for hydroxylation is 1. The highest BCUT2D eigenvalue weighted by Gasteiger charge is 2.34. The molecule has 25 heavy (non-hydrogen) atoms. The van der Waals surface area contributed by atoms with Crippen molar-refractivity contribution in [2.45, 2.75) is 20.8 Å². The molecule has 0 amide bonds. The lowest BCUT2D eigenvalue weighted by Crippen LogP contribution is -2.32. The zero-order valence-electron chi connectivity index (χ0n) is 14.9. The largest absolute Gasteiger partial charge is 0.504 e. The van der Waals surface area contributed by atoms with Crippen LogP contribution in [-0.4, -0.2) is 23.8 Å². The number of carbonyl (C=O) groups excluding carboxylic acids is 2. The predicted molar refractivity (Wildman–Crippen MR) is 98.0 cm³/mol. The molecule has 0 fully saturated rings. The van der Waals surface area contributed by atoms with Crippen molar-refractivity contribution in [1.29, 1.82) is 0 Å². The summed E-state index contributed by atoms with van der Waals surface area (Å²) in [4.78, 5) is 25.2. The molecule has 0 saturated carbocycles. The number of hydrogen-bond acceptors (Lipinski definition) is 4. The quantitative estimate of drug-likeness (QED) is 0.487. The summed E-state index contributed by atoms with van der Waals surface area (Å²) in [6, 6.07) is 12.0. The van der Waals surface area contributed by atoms with Crippen LogP contribution in [0.3, 0.4) is 0 Å². The summed E-state index contributed by atoms with van der Waals surface area (Å²) in [7, 11) is 1.46. The molecule has 0 unspecified atom stereocenters. The number of Topliss-reactive ketones (excluding diaryl/α,β-unsaturated/α-hetero) is 1. The SMILES string of the molecule is COc1cc(C=CC(=O)C(C)(C)C(=O)c2ccc(C)cc2)ccc1O. The highest BCUT2D eigenvalue weighted by atomic mass is 16.5. The molecular formula is C21H22O4. The first-order chi connectivity index (χ1) is 11.8. The molecule has 0 aliphatic carbocycles. The van der Waals surface area contributed by atoms with Crippen LogP contribution in [0.15, 0.2) is 48.5 Å². The van der Waals surface area contributed by atoms with Crippen LogP contribution in [0.1, 0.15) is 35.3 Å². The summed E-state index contributed by atoms with van der Waals surface area (Å²) >= 11 is 0. The Bertz CT molecular complexity index is 814. The zero-order valence-corrected chi connectivity index (χ0v) is 14.9. The highest BCUT2D eigenvalue weighted by molar-refractivity contribution is 6.17. The fraction of sp³-hybridized carbons (Fsp3) is 0.238. The zero-order chi connectivity index (χ0) is 18.6. The van der Waals surface area contributed by atoms with Gasteiger partial charge in [-0.05, 0) is 44.5 Å². The lowest BCUT2D eigenvalue weighted by Gasteiger charge is -2.20. The summed E-state index contributed by atoms with van der Waals surface area (Å²) in [5, 5.41) is 9.60. The van der Waals surface area contributed by atoms with E-state index in [9.17, 15) is 14.7 Å². The first-order valence-electron chi connectivity index (χ1n) is 7.96. The molecule has 1 N–H and O–H groups in total. The normalized spacial score (nSPS) is 11.5. The van der Waals surface area contributed by atoms with Crippen molar-refractivity contribution in [3.63, 3.8) is 0 Å². The lowest BCUT2D eigenvalue weighted by molar-refractivity contribution is -0.120. The minimum absolute atomic E-state index is 0.0286. The van der Waals surface area contributed by atoms with E-state index in [1.807, 2.05) is 19.1 Å². The number of allylic oxidation sites excluding steroid dienone is 1. The molecular weight excluding hydrogens is 316 g/mol. The number of ether oxygens (including phenoxy) is 1. The Hall–Kier alpha value is -2.88. The van der Waals surface area contributed by atoms with E-state index in [4.69, 9.17) is 4.74 Å². The standard InChI is InChI=1S/C21H22O4/c1-14-5-9-16(10-6-14)20(24)21(2,3)19(23)12-8-15-7-11-17(22)18(13-15)25-4/h5-13,22H,1-4H3. The van der Waals surface area contributed by atoms with Crippen LogP contribution in [0.25, 0.3) is 6.08 Å². The number of methoxy groups -OCH3 is 1. The molecule has 4 nitrogen and oxygen atoms in total. The summed E-state index contributed by atoms with van der Waals surface area (Å²) in [6.45, 7) is 5.19. The number of phenols is 1. The van der Waals surface area contributed by atoms with Crippen LogP contribution >= 0.6 is 0 Å². The maximum absolute atomic E-state index is 12.7. The van der Waals surface area contributed by atoms with Crippen molar-refractivity contribution in [2.24, 2.45) is 5.41 Å². The van der Waals surface area contributed by atoms with Gasteiger partial charge in [0.2, 0.25) is 0 Å². The van der Waals surface area contributed by atoms with Crippen molar-refractivity contribution in [3.8, 4) is 11.5 Å². The third-order valence-electron chi connectivity index (χ3n) is 4.13. The molecule has 0 radical (unpaired) electrons. The molecule has 0 saturated heterocycles. The first-order valence-corrected chi connectivity index (χ1v) is 7.96. The van der Waals surface area contributed by atoms with Gasteiger partial charge in [0.05, 0.1) is 12.5 Å². The van der Waals surface area contributed by atoms with Gasteiger partial charge < -0.3 is 9.84 Å². The first kappa shape index (κ1) is 18.5. The molecule has 0 aliphatic rings. The van der Waals surface area contributed by atoms with E-state index in [1.165, 1.54) is 19.3 Å². The minimum atomic E-state index is -1.16. The fourth-order valence-corrected chi connectivity index (χ4v) is 2.36. The molecule has 2 rings (SSSR count). The Kier molecular flexibility index (Phi) is 5.42. The van der Waals surface area contributed by atoms with Crippen molar-refractivity contribution in [2.75, 3.05) is 7.11 Å². The van der Waals surface area contributed by atoms with E-state index in [-0.39, 0.29) is 17.3 Å². The van der Waals surface area contributed by atoms with Crippen molar-refractivity contribution in [1.82, 2.24) is 0 Å². The second-order valence-electron chi connectivity index (χ2n) is 6.45. The van der Waals surface area contributed by atoms with E-state index >= 15 is 0 Å². The van der Waals surface area contributed by atoms with Gasteiger partial charge in [-0.25, -0.2) is 0 Å². The molecule has 0 aliphatic heterocycles. The average molecular weight is 338 g/mol. The topological polar surface area (TPSA) is 63.6 Å². The number of ketones is 2. The fourth-order valence-electron chi connectivity index (χ4n) is 2.36. The highest BCUT2D eigenvalue weighted by Crippen LogP contribution is 2.28. The Labute approximate surface area is 147 Å². The second-order valence-corrected chi connectivity index (χ2v) is 6.45. The van der Waals surface area contributed by atoms with Crippen molar-refractivity contribution < 1.29 is 19.4 Å². The van der Waals surface area contributed by atoms with Gasteiger partial charge in [-0.1, -0.05) is 42.0 Å². The van der Waals surface area contributed by atoms with Gasteiger partial charge in [-0.15, -0.1) is 0 Å². The number of hydrogen-bond donors (Lipinski definition) is 1. The van der Waals surface area contributed by atoms with Crippen LogP contribution in [0.4, 0.5) is 0 Å². The van der Waals surface area contributed by atoms with Crippen LogP contribution in [0.2, 0.25) is 0 Å². The van der Waals surface area contributed by atoms with Gasteiger partial charge in [0.15, 0.2) is 23.1 Å². The predicted octanol–water partition coefficient (Wildman–Crippen LogP) is 4.20. The molecule has 0 aromatic heterocycles. The van der Waals surface area contributed by atoms with Gasteiger partial charge in [-0.2, -0.15) is 0 Å². The minimum Gasteiger partial charge on any atom is -0.504 e. The summed E-state index contributed by atoms with van der Waals surface area (Å²) in [5.74, 6) is -0.152. The smallest absolute Gasteiger partial charge is 0.176 e. The van der Waals surface area contributed by atoms with E-state index in [2.05, 4.69) is 0 Å². The summed E-state index contributed by atoms with van der Waals surface area (Å²) in [6.07, 6.45) is 2.99. The number of carbonyl (C=O) groups is 2. The Morgan fingerprint density at radius 1 is 1.08 bits per heavy atom. The van der Waals surface area contributed by atoms with E-state index < -0.39 is 5.41 Å². The summed E-state index contributed by atoms with van der Waals surface area (Å²) in [5.41, 5.74) is 1.11. The number of rotatable bonds is 6. The molecule has 130 valence electrons. The molecule has 0 heterocycles. The van der Waals surface area contributed by atoms with Gasteiger partial charge in [-0.3, -0.25) is 9.59 Å². The van der Waals surface area contributed by atoms with Crippen LogP contribution < -0.4 is 4.74 Å². The van der Waals surface area contributed by atoms with E-state index in [0.29, 0.717) is 16.9 Å². The monoisotopic (exact) mass is 338 g/mol. The van der Waals surface area contributed by atoms with Crippen LogP contribution in [0.5, 0.6) is 11.5 Å². The number of benzene rings is 2. The maximum atomic E-state index is 12.7. The Balaban J connectivity index is 2.20. The van der Waals surface area contributed by atoms with Crippen molar-refractivity contribution in [3.05, 3.63) is 65.2 Å². The molecule has 0 atom stereocenters. The van der Waals surface area contributed by atoms with Gasteiger partial charge in [0, 0.05) is 5.56 Å².